The second-order valence-corrected chi connectivity index (χ2v) is 4.57. The summed E-state index contributed by atoms with van der Waals surface area (Å²) in [6, 6.07) is 1.88. The summed E-state index contributed by atoms with van der Waals surface area (Å²) >= 11 is 3.38. The van der Waals surface area contributed by atoms with Crippen molar-refractivity contribution in [1.29, 1.82) is 0 Å². The van der Waals surface area contributed by atoms with Gasteiger partial charge in [0.1, 0.15) is 12.0 Å². The third kappa shape index (κ3) is 3.38. The van der Waals surface area contributed by atoms with E-state index in [2.05, 4.69) is 35.1 Å². The molecule has 1 aromatic rings. The molecule has 15 heavy (non-hydrogen) atoms. The molecule has 0 saturated carbocycles. The molecule has 4 heteroatoms. The maximum atomic E-state index is 11.7. The molecule has 0 aliphatic carbocycles. The van der Waals surface area contributed by atoms with Gasteiger partial charge in [0, 0.05) is 11.4 Å². The minimum atomic E-state index is -0.0787. The van der Waals surface area contributed by atoms with Crippen molar-refractivity contribution in [1.82, 2.24) is 5.32 Å². The number of hydrogen-bond donors (Lipinski definition) is 1. The molecule has 0 radical (unpaired) electrons. The summed E-state index contributed by atoms with van der Waals surface area (Å²) in [6.45, 7) is 5.97. The molecule has 1 unspecified atom stereocenters. The monoisotopic (exact) mass is 273 g/mol. The normalized spacial score (nSPS) is 12.9. The molecule has 1 heterocycles. The Labute approximate surface area is 98.4 Å². The lowest BCUT2D eigenvalue weighted by atomic mass is 10.1. The van der Waals surface area contributed by atoms with E-state index in [1.54, 1.807) is 6.07 Å². The molecule has 1 amide bonds. The van der Waals surface area contributed by atoms with Crippen molar-refractivity contribution in [3.63, 3.8) is 0 Å². The molecule has 3 nitrogen and oxygen atoms in total. The average Bonchev–Trinajstić information content (AvgIpc) is 2.60. The van der Waals surface area contributed by atoms with Crippen LogP contribution in [0.4, 0.5) is 0 Å². The number of rotatable bonds is 4. The van der Waals surface area contributed by atoms with Crippen molar-refractivity contribution in [2.75, 3.05) is 5.33 Å². The number of halogens is 1. The topological polar surface area (TPSA) is 42.2 Å². The molecular formula is C11H16BrNO2. The van der Waals surface area contributed by atoms with E-state index in [-0.39, 0.29) is 11.9 Å². The smallest absolute Gasteiger partial charge is 0.254 e. The van der Waals surface area contributed by atoms with Crippen molar-refractivity contribution in [3.05, 3.63) is 23.7 Å². The van der Waals surface area contributed by atoms with Crippen molar-refractivity contribution in [3.8, 4) is 0 Å². The molecular weight excluding hydrogens is 258 g/mol. The lowest BCUT2D eigenvalue weighted by Crippen LogP contribution is -2.39. The van der Waals surface area contributed by atoms with Gasteiger partial charge < -0.3 is 9.73 Å². The highest BCUT2D eigenvalue weighted by molar-refractivity contribution is 9.09. The summed E-state index contributed by atoms with van der Waals surface area (Å²) in [4.78, 5) is 11.7. The van der Waals surface area contributed by atoms with Crippen molar-refractivity contribution < 1.29 is 9.21 Å². The summed E-state index contributed by atoms with van der Waals surface area (Å²) in [5, 5.41) is 3.71. The van der Waals surface area contributed by atoms with Crippen molar-refractivity contribution >= 4 is 21.8 Å². The molecule has 0 aliphatic heterocycles. The zero-order chi connectivity index (χ0) is 11.4. The van der Waals surface area contributed by atoms with E-state index in [1.807, 2.05) is 6.92 Å². The number of amides is 1. The van der Waals surface area contributed by atoms with Gasteiger partial charge in [-0.05, 0) is 18.9 Å². The van der Waals surface area contributed by atoms with E-state index in [9.17, 15) is 4.79 Å². The molecule has 0 aromatic carbocycles. The molecule has 1 rings (SSSR count). The number of aryl methyl sites for hydroxylation is 1. The number of furan rings is 1. The first-order chi connectivity index (χ1) is 7.04. The van der Waals surface area contributed by atoms with Crippen LogP contribution in [0.1, 0.15) is 30.0 Å². The van der Waals surface area contributed by atoms with Gasteiger partial charge in [-0.1, -0.05) is 29.8 Å². The first-order valence-corrected chi connectivity index (χ1v) is 6.08. The number of carbonyl (C=O) groups is 1. The fourth-order valence-corrected chi connectivity index (χ4v) is 2.11. The van der Waals surface area contributed by atoms with Crippen LogP contribution in [-0.2, 0) is 0 Å². The van der Waals surface area contributed by atoms with E-state index in [4.69, 9.17) is 4.42 Å². The molecule has 0 spiro atoms. The van der Waals surface area contributed by atoms with E-state index >= 15 is 0 Å². The lowest BCUT2D eigenvalue weighted by Gasteiger charge is -2.19. The first kappa shape index (κ1) is 12.3. The molecule has 0 bridgehead atoms. The second-order valence-electron chi connectivity index (χ2n) is 3.92. The van der Waals surface area contributed by atoms with E-state index in [0.717, 1.165) is 11.1 Å². The highest BCUT2D eigenvalue weighted by Gasteiger charge is 2.16. The number of alkyl halides is 1. The third-order valence-corrected chi connectivity index (χ3v) is 2.98. The quantitative estimate of drug-likeness (QED) is 0.858. The largest absolute Gasteiger partial charge is 0.469 e. The molecule has 1 atom stereocenters. The van der Waals surface area contributed by atoms with E-state index < -0.39 is 0 Å². The fraction of sp³-hybridized carbons (Fsp3) is 0.545. The van der Waals surface area contributed by atoms with Gasteiger partial charge >= 0.3 is 0 Å². The van der Waals surface area contributed by atoms with Crippen LogP contribution in [-0.4, -0.2) is 17.3 Å². The summed E-state index contributed by atoms with van der Waals surface area (Å²) in [5.74, 6) is 1.08. The minimum absolute atomic E-state index is 0.0787. The van der Waals surface area contributed by atoms with Crippen LogP contribution in [0.15, 0.2) is 16.7 Å². The Balaban J connectivity index is 2.62. The van der Waals surface area contributed by atoms with Crippen LogP contribution in [0.5, 0.6) is 0 Å². The number of nitrogens with one attached hydrogen (secondary N) is 1. The molecule has 84 valence electrons. The van der Waals surface area contributed by atoms with E-state index in [1.165, 1.54) is 6.26 Å². The molecule has 1 aromatic heterocycles. The van der Waals surface area contributed by atoms with Crippen molar-refractivity contribution in [2.24, 2.45) is 5.92 Å². The third-order valence-electron chi connectivity index (χ3n) is 2.28. The molecule has 0 fully saturated rings. The Kier molecular flexibility index (Phi) is 4.39. The highest BCUT2D eigenvalue weighted by atomic mass is 79.9. The van der Waals surface area contributed by atoms with Gasteiger partial charge in [0.2, 0.25) is 0 Å². The highest BCUT2D eigenvalue weighted by Crippen LogP contribution is 2.09. The maximum Gasteiger partial charge on any atom is 0.254 e. The summed E-state index contributed by atoms with van der Waals surface area (Å²) in [6.07, 6.45) is 1.48. The first-order valence-electron chi connectivity index (χ1n) is 4.96. The van der Waals surface area contributed by atoms with Crippen molar-refractivity contribution in [2.45, 2.75) is 26.8 Å². The average molecular weight is 274 g/mol. The Hall–Kier alpha value is -0.770. The van der Waals surface area contributed by atoms with Crippen LogP contribution in [0.25, 0.3) is 0 Å². The fourth-order valence-electron chi connectivity index (χ4n) is 1.20. The van der Waals surface area contributed by atoms with Crippen LogP contribution >= 0.6 is 15.9 Å². The zero-order valence-corrected chi connectivity index (χ0v) is 10.8. The van der Waals surface area contributed by atoms with Gasteiger partial charge in [-0.3, -0.25) is 4.79 Å². The van der Waals surface area contributed by atoms with Gasteiger partial charge in [0.25, 0.3) is 5.91 Å². The van der Waals surface area contributed by atoms with Crippen LogP contribution < -0.4 is 5.32 Å². The van der Waals surface area contributed by atoms with Crippen LogP contribution in [0.3, 0.4) is 0 Å². The summed E-state index contributed by atoms with van der Waals surface area (Å²) < 4.78 is 5.09. The van der Waals surface area contributed by atoms with E-state index in [0.29, 0.717) is 11.5 Å². The van der Waals surface area contributed by atoms with Gasteiger partial charge in [0.15, 0.2) is 0 Å². The van der Waals surface area contributed by atoms with Gasteiger partial charge in [-0.2, -0.15) is 0 Å². The lowest BCUT2D eigenvalue weighted by molar-refractivity contribution is 0.0931. The Bertz CT molecular complexity index is 333. The van der Waals surface area contributed by atoms with Crippen LogP contribution in [0, 0.1) is 12.8 Å². The second kappa shape index (κ2) is 5.35. The molecule has 0 saturated heterocycles. The number of hydrogen-bond acceptors (Lipinski definition) is 2. The zero-order valence-electron chi connectivity index (χ0n) is 9.21. The van der Waals surface area contributed by atoms with Crippen LogP contribution in [0.2, 0.25) is 0 Å². The molecule has 1 N–H and O–H groups in total. The number of carbonyl (C=O) groups excluding carboxylic acids is 1. The Morgan fingerprint density at radius 2 is 2.27 bits per heavy atom. The Morgan fingerprint density at radius 3 is 2.67 bits per heavy atom. The van der Waals surface area contributed by atoms with Gasteiger partial charge in [-0.15, -0.1) is 0 Å². The summed E-state index contributed by atoms with van der Waals surface area (Å²) in [5.41, 5.74) is 0.583. The predicted octanol–water partition coefficient (Wildman–Crippen LogP) is 2.74. The predicted molar refractivity (Wildman–Crippen MR) is 63.3 cm³/mol. The van der Waals surface area contributed by atoms with Gasteiger partial charge in [-0.25, -0.2) is 0 Å². The maximum absolute atomic E-state index is 11.7. The van der Waals surface area contributed by atoms with Gasteiger partial charge in [0.05, 0.1) is 5.56 Å². The standard InChI is InChI=1S/C11H16BrNO2/c1-7(2)10(5-12)13-11(14)9-4-8(3)15-6-9/h4,6-7,10H,5H2,1-3H3,(H,13,14). The molecule has 0 aliphatic rings. The Morgan fingerprint density at radius 1 is 1.60 bits per heavy atom. The summed E-state index contributed by atoms with van der Waals surface area (Å²) in [7, 11) is 0. The SMILES string of the molecule is Cc1cc(C(=O)NC(CBr)C(C)C)co1. The minimum Gasteiger partial charge on any atom is -0.469 e.